The number of urea groups is 1. The third-order valence-corrected chi connectivity index (χ3v) is 6.38. The summed E-state index contributed by atoms with van der Waals surface area (Å²) in [6.07, 6.45) is -0.802. The summed E-state index contributed by atoms with van der Waals surface area (Å²) in [5.74, 6) is -0.0862. The molecule has 0 bridgehead atoms. The lowest BCUT2D eigenvalue weighted by Gasteiger charge is -2.46. The van der Waals surface area contributed by atoms with Gasteiger partial charge in [0.2, 0.25) is 5.89 Å². The average Bonchev–Trinajstić information content (AvgIpc) is 3.35. The predicted octanol–water partition coefficient (Wildman–Crippen LogP) is 3.24. The maximum Gasteiger partial charge on any atom is 0.322 e. The lowest BCUT2D eigenvalue weighted by molar-refractivity contribution is -0.0812. The SMILES string of the molecule is COc1cccc(NC(=O)N2CCN(C3COC3)CC2Cc2ccc(-c3nnc(C(F)F)o3)cn2)c1. The lowest BCUT2D eigenvalue weighted by atomic mass is 10.0. The van der Waals surface area contributed by atoms with Crippen LogP contribution < -0.4 is 10.1 Å². The molecule has 2 aromatic heterocycles. The number of methoxy groups -OCH3 is 1. The fourth-order valence-corrected chi connectivity index (χ4v) is 4.34. The van der Waals surface area contributed by atoms with Crippen molar-refractivity contribution >= 4 is 11.7 Å². The largest absolute Gasteiger partial charge is 0.497 e. The van der Waals surface area contributed by atoms with Gasteiger partial charge in [0.05, 0.1) is 38.0 Å². The molecule has 12 heteroatoms. The molecule has 36 heavy (non-hydrogen) atoms. The van der Waals surface area contributed by atoms with Gasteiger partial charge in [-0.15, -0.1) is 10.2 Å². The Morgan fingerprint density at radius 2 is 2.08 bits per heavy atom. The highest BCUT2D eigenvalue weighted by molar-refractivity contribution is 5.89. The number of hydrogen-bond acceptors (Lipinski definition) is 8. The number of aromatic nitrogens is 3. The molecule has 0 saturated carbocycles. The topological polar surface area (TPSA) is 106 Å². The van der Waals surface area contributed by atoms with Crippen LogP contribution in [-0.2, 0) is 11.2 Å². The Morgan fingerprint density at radius 1 is 1.22 bits per heavy atom. The first kappa shape index (κ1) is 24.1. The van der Waals surface area contributed by atoms with Gasteiger partial charge in [-0.1, -0.05) is 6.07 Å². The van der Waals surface area contributed by atoms with Gasteiger partial charge >= 0.3 is 12.5 Å². The molecule has 2 fully saturated rings. The monoisotopic (exact) mass is 500 g/mol. The van der Waals surface area contributed by atoms with Crippen LogP contribution in [0.1, 0.15) is 18.0 Å². The second-order valence-corrected chi connectivity index (χ2v) is 8.68. The molecule has 1 atom stereocenters. The molecule has 0 radical (unpaired) electrons. The van der Waals surface area contributed by atoms with Gasteiger partial charge in [-0.25, -0.2) is 4.79 Å². The molecule has 2 aliphatic rings. The number of anilines is 1. The Bertz CT molecular complexity index is 1190. The average molecular weight is 501 g/mol. The third-order valence-electron chi connectivity index (χ3n) is 6.38. The summed E-state index contributed by atoms with van der Waals surface area (Å²) in [5, 5.41) is 9.98. The van der Waals surface area contributed by atoms with E-state index in [9.17, 15) is 13.6 Å². The van der Waals surface area contributed by atoms with E-state index in [1.165, 1.54) is 6.20 Å². The van der Waals surface area contributed by atoms with Gasteiger partial charge in [0.1, 0.15) is 5.75 Å². The summed E-state index contributed by atoms with van der Waals surface area (Å²) in [7, 11) is 1.58. The zero-order chi connectivity index (χ0) is 25.1. The summed E-state index contributed by atoms with van der Waals surface area (Å²) in [4.78, 5) is 21.9. The standard InChI is InChI=1S/C24H26F2N6O4/c1-34-20-4-2-3-17(10-20)28-24(33)32-8-7-31(19-13-35-14-19)12-18(32)9-16-6-5-15(11-27-16)22-29-30-23(36-22)21(25)26/h2-6,10-11,18-19,21H,7-9,12-14H2,1H3,(H,28,33). The van der Waals surface area contributed by atoms with E-state index in [1.807, 2.05) is 23.1 Å². The molecule has 0 aliphatic carbocycles. The minimum absolute atomic E-state index is 0.0162. The molecule has 190 valence electrons. The maximum atomic E-state index is 13.2. The van der Waals surface area contributed by atoms with Crippen LogP contribution in [0.15, 0.2) is 47.0 Å². The highest BCUT2D eigenvalue weighted by Gasteiger charge is 2.36. The van der Waals surface area contributed by atoms with E-state index in [2.05, 4.69) is 25.4 Å². The molecular weight excluding hydrogens is 474 g/mol. The first-order valence-corrected chi connectivity index (χ1v) is 11.6. The summed E-state index contributed by atoms with van der Waals surface area (Å²) in [6, 6.07) is 10.7. The van der Waals surface area contributed by atoms with Gasteiger partial charge in [0, 0.05) is 49.7 Å². The van der Waals surface area contributed by atoms with Gasteiger partial charge < -0.3 is 24.1 Å². The van der Waals surface area contributed by atoms with E-state index in [-0.39, 0.29) is 18.0 Å². The number of carbonyl (C=O) groups excluding carboxylic acids is 1. The number of amides is 2. The van der Waals surface area contributed by atoms with Gasteiger partial charge in [0.15, 0.2) is 0 Å². The third kappa shape index (κ3) is 5.29. The molecule has 1 aromatic carbocycles. The van der Waals surface area contributed by atoms with Crippen molar-refractivity contribution in [1.29, 1.82) is 0 Å². The van der Waals surface area contributed by atoms with Crippen LogP contribution in [-0.4, -0.2) is 83.1 Å². The van der Waals surface area contributed by atoms with E-state index >= 15 is 0 Å². The number of piperazine rings is 1. The highest BCUT2D eigenvalue weighted by Crippen LogP contribution is 2.25. The second-order valence-electron chi connectivity index (χ2n) is 8.68. The van der Waals surface area contributed by atoms with Crippen LogP contribution in [0.5, 0.6) is 5.75 Å². The van der Waals surface area contributed by atoms with E-state index in [0.717, 1.165) is 12.2 Å². The summed E-state index contributed by atoms with van der Waals surface area (Å²) >= 11 is 0. The van der Waals surface area contributed by atoms with Crippen LogP contribution in [0, 0.1) is 0 Å². The molecule has 10 nitrogen and oxygen atoms in total. The zero-order valence-electron chi connectivity index (χ0n) is 19.6. The van der Waals surface area contributed by atoms with Crippen LogP contribution in [0.3, 0.4) is 0 Å². The minimum Gasteiger partial charge on any atom is -0.497 e. The van der Waals surface area contributed by atoms with Gasteiger partial charge in [-0.05, 0) is 24.3 Å². The molecule has 0 spiro atoms. The van der Waals surface area contributed by atoms with Crippen molar-refractivity contribution in [3.8, 4) is 17.2 Å². The van der Waals surface area contributed by atoms with E-state index < -0.39 is 12.3 Å². The molecule has 2 amide bonds. The Labute approximate surface area is 206 Å². The molecule has 2 saturated heterocycles. The molecular formula is C24H26F2N6O4. The van der Waals surface area contributed by atoms with Crippen LogP contribution >= 0.6 is 0 Å². The Balaban J connectivity index is 1.30. The van der Waals surface area contributed by atoms with Crippen molar-refractivity contribution in [3.63, 3.8) is 0 Å². The number of ether oxygens (including phenoxy) is 2. The quantitative estimate of drug-likeness (QED) is 0.527. The molecule has 1 unspecified atom stereocenters. The van der Waals surface area contributed by atoms with E-state index in [1.54, 1.807) is 25.3 Å². The van der Waals surface area contributed by atoms with Crippen molar-refractivity contribution in [3.05, 3.63) is 54.2 Å². The molecule has 3 aromatic rings. The summed E-state index contributed by atoms with van der Waals surface area (Å²) < 4.78 is 41.1. The molecule has 4 heterocycles. The number of alkyl halides is 2. The van der Waals surface area contributed by atoms with E-state index in [0.29, 0.717) is 55.8 Å². The molecule has 5 rings (SSSR count). The number of nitrogens with one attached hydrogen (secondary N) is 1. The van der Waals surface area contributed by atoms with Crippen LogP contribution in [0.4, 0.5) is 19.3 Å². The number of rotatable bonds is 7. The predicted molar refractivity (Wildman–Crippen MR) is 125 cm³/mol. The van der Waals surface area contributed by atoms with Crippen molar-refractivity contribution in [2.24, 2.45) is 0 Å². The number of benzene rings is 1. The maximum absolute atomic E-state index is 13.2. The number of nitrogens with zero attached hydrogens (tertiary/aromatic N) is 5. The van der Waals surface area contributed by atoms with Crippen LogP contribution in [0.2, 0.25) is 0 Å². The van der Waals surface area contributed by atoms with Gasteiger partial charge in [0.25, 0.3) is 5.89 Å². The Hall–Kier alpha value is -3.64. The van der Waals surface area contributed by atoms with Gasteiger partial charge in [-0.2, -0.15) is 8.78 Å². The fourth-order valence-electron chi connectivity index (χ4n) is 4.34. The number of pyridine rings is 1. The Kier molecular flexibility index (Phi) is 7.05. The number of halogens is 2. The smallest absolute Gasteiger partial charge is 0.322 e. The molecule has 2 aliphatic heterocycles. The van der Waals surface area contributed by atoms with Crippen molar-refractivity contribution in [2.45, 2.75) is 24.9 Å². The zero-order valence-corrected chi connectivity index (χ0v) is 19.6. The summed E-state index contributed by atoms with van der Waals surface area (Å²) in [5.41, 5.74) is 1.85. The van der Waals surface area contributed by atoms with Crippen LogP contribution in [0.25, 0.3) is 11.5 Å². The minimum atomic E-state index is -2.83. The van der Waals surface area contributed by atoms with E-state index in [4.69, 9.17) is 13.9 Å². The van der Waals surface area contributed by atoms with Crippen molar-refractivity contribution < 1.29 is 27.5 Å². The Morgan fingerprint density at radius 3 is 2.75 bits per heavy atom. The first-order chi connectivity index (χ1) is 17.5. The molecule has 1 N–H and O–H groups in total. The van der Waals surface area contributed by atoms with Crippen molar-refractivity contribution in [2.75, 3.05) is 45.3 Å². The first-order valence-electron chi connectivity index (χ1n) is 11.6. The summed E-state index contributed by atoms with van der Waals surface area (Å²) in [6.45, 7) is 3.39. The number of carbonyl (C=O) groups is 1. The number of hydrogen-bond donors (Lipinski definition) is 1. The lowest BCUT2D eigenvalue weighted by Crippen LogP contribution is -2.62. The second kappa shape index (κ2) is 10.5. The normalized spacial score (nSPS) is 18.8. The van der Waals surface area contributed by atoms with Gasteiger partial charge in [-0.3, -0.25) is 9.88 Å². The van der Waals surface area contributed by atoms with Crippen molar-refractivity contribution in [1.82, 2.24) is 25.0 Å². The highest BCUT2D eigenvalue weighted by atomic mass is 19.3. The fraction of sp³-hybridized carbons (Fsp3) is 0.417.